The zero-order valence-electron chi connectivity index (χ0n) is 12.5. The van der Waals surface area contributed by atoms with Crippen LogP contribution >= 0.6 is 0 Å². The van der Waals surface area contributed by atoms with Crippen molar-refractivity contribution in [3.05, 3.63) is 36.5 Å². The predicted octanol–water partition coefficient (Wildman–Crippen LogP) is 5.01. The highest BCUT2D eigenvalue weighted by molar-refractivity contribution is 5.82. The maximum atomic E-state index is 4.38. The molecule has 106 valence electrons. The summed E-state index contributed by atoms with van der Waals surface area (Å²) >= 11 is 0. The minimum atomic E-state index is 0.518. The average molecular weight is 268 g/mol. The molecule has 2 nitrogen and oxygen atoms in total. The number of fused-ring (bicyclic) bond motifs is 1. The summed E-state index contributed by atoms with van der Waals surface area (Å²) in [5.41, 5.74) is 2.82. The second-order valence-electron chi connectivity index (χ2n) is 6.85. The molecule has 0 aliphatic heterocycles. The number of pyridine rings is 1. The van der Waals surface area contributed by atoms with Crippen LogP contribution in [0.25, 0.3) is 10.9 Å². The van der Waals surface area contributed by atoms with Gasteiger partial charge in [0.2, 0.25) is 0 Å². The average Bonchev–Trinajstić information content (AvgIpc) is 2.60. The maximum absolute atomic E-state index is 4.38. The lowest BCUT2D eigenvalue weighted by atomic mass is 9.85. The fourth-order valence-corrected chi connectivity index (χ4v) is 3.21. The van der Waals surface area contributed by atoms with E-state index in [1.807, 2.05) is 12.3 Å². The van der Waals surface area contributed by atoms with Gasteiger partial charge in [0.15, 0.2) is 0 Å². The SMILES string of the molecule is CC1(C)CCCC(Nc2ccc3ncccc3c2)CC1. The van der Waals surface area contributed by atoms with Crippen LogP contribution in [-0.4, -0.2) is 11.0 Å². The topological polar surface area (TPSA) is 24.9 Å². The molecule has 1 fully saturated rings. The van der Waals surface area contributed by atoms with Gasteiger partial charge in [-0.3, -0.25) is 4.98 Å². The third-order valence-corrected chi connectivity index (χ3v) is 4.55. The third-order valence-electron chi connectivity index (χ3n) is 4.55. The number of nitrogens with zero attached hydrogens (tertiary/aromatic N) is 1. The summed E-state index contributed by atoms with van der Waals surface area (Å²) in [4.78, 5) is 4.38. The van der Waals surface area contributed by atoms with Crippen molar-refractivity contribution in [2.75, 3.05) is 5.32 Å². The molecule has 0 bridgehead atoms. The first-order valence-electron chi connectivity index (χ1n) is 7.74. The van der Waals surface area contributed by atoms with Crippen molar-refractivity contribution in [3.8, 4) is 0 Å². The van der Waals surface area contributed by atoms with E-state index in [-0.39, 0.29) is 0 Å². The second kappa shape index (κ2) is 5.43. The molecule has 0 spiro atoms. The highest BCUT2D eigenvalue weighted by atomic mass is 14.9. The molecule has 1 heterocycles. The van der Waals surface area contributed by atoms with Crippen LogP contribution in [0.2, 0.25) is 0 Å². The van der Waals surface area contributed by atoms with Gasteiger partial charge in [-0.25, -0.2) is 0 Å². The van der Waals surface area contributed by atoms with Crippen molar-refractivity contribution < 1.29 is 0 Å². The highest BCUT2D eigenvalue weighted by Gasteiger charge is 2.24. The normalized spacial score (nSPS) is 22.4. The quantitative estimate of drug-likeness (QED) is 0.775. The van der Waals surface area contributed by atoms with E-state index in [1.165, 1.54) is 43.2 Å². The summed E-state index contributed by atoms with van der Waals surface area (Å²) in [7, 11) is 0. The molecule has 20 heavy (non-hydrogen) atoms. The Bertz CT molecular complexity index is 589. The van der Waals surface area contributed by atoms with Crippen LogP contribution < -0.4 is 5.32 Å². The van der Waals surface area contributed by atoms with Crippen LogP contribution in [0.3, 0.4) is 0 Å². The van der Waals surface area contributed by atoms with Crippen LogP contribution in [-0.2, 0) is 0 Å². The van der Waals surface area contributed by atoms with Crippen LogP contribution in [0.15, 0.2) is 36.5 Å². The Morgan fingerprint density at radius 3 is 2.95 bits per heavy atom. The molecule has 1 unspecified atom stereocenters. The molecule has 0 saturated heterocycles. The molecule has 1 aliphatic rings. The van der Waals surface area contributed by atoms with Gasteiger partial charge in [-0.15, -0.1) is 0 Å². The molecule has 2 aromatic rings. The zero-order chi connectivity index (χ0) is 14.0. The van der Waals surface area contributed by atoms with Gasteiger partial charge in [-0.2, -0.15) is 0 Å². The van der Waals surface area contributed by atoms with Crippen LogP contribution in [0.4, 0.5) is 5.69 Å². The number of aromatic nitrogens is 1. The zero-order valence-corrected chi connectivity index (χ0v) is 12.5. The van der Waals surface area contributed by atoms with E-state index >= 15 is 0 Å². The molecule has 1 aliphatic carbocycles. The molecule has 2 heteroatoms. The van der Waals surface area contributed by atoms with Gasteiger partial charge >= 0.3 is 0 Å². The first-order valence-corrected chi connectivity index (χ1v) is 7.74. The van der Waals surface area contributed by atoms with Gasteiger partial charge in [0.1, 0.15) is 0 Å². The monoisotopic (exact) mass is 268 g/mol. The summed E-state index contributed by atoms with van der Waals surface area (Å²) in [6.45, 7) is 4.80. The Morgan fingerprint density at radius 2 is 2.05 bits per heavy atom. The summed E-state index contributed by atoms with van der Waals surface area (Å²) in [6.07, 6.45) is 8.42. The molecule has 1 aromatic carbocycles. The van der Waals surface area contributed by atoms with E-state index < -0.39 is 0 Å². The largest absolute Gasteiger partial charge is 0.382 e. The number of anilines is 1. The first kappa shape index (κ1) is 13.4. The Morgan fingerprint density at radius 1 is 1.15 bits per heavy atom. The van der Waals surface area contributed by atoms with Crippen molar-refractivity contribution in [2.24, 2.45) is 5.41 Å². The molecule has 0 radical (unpaired) electrons. The lowest BCUT2D eigenvalue weighted by Crippen LogP contribution is -2.19. The van der Waals surface area contributed by atoms with E-state index in [2.05, 4.69) is 48.4 Å². The van der Waals surface area contributed by atoms with Crippen LogP contribution in [0, 0.1) is 5.41 Å². The number of hydrogen-bond donors (Lipinski definition) is 1. The fraction of sp³-hybridized carbons (Fsp3) is 0.500. The number of nitrogens with one attached hydrogen (secondary N) is 1. The van der Waals surface area contributed by atoms with E-state index in [1.54, 1.807) is 0 Å². The number of rotatable bonds is 2. The number of benzene rings is 1. The van der Waals surface area contributed by atoms with E-state index in [4.69, 9.17) is 0 Å². The predicted molar refractivity (Wildman–Crippen MR) is 86.0 cm³/mol. The molecule has 1 atom stereocenters. The molecule has 1 saturated carbocycles. The van der Waals surface area contributed by atoms with Crippen molar-refractivity contribution >= 4 is 16.6 Å². The first-order chi connectivity index (χ1) is 9.62. The van der Waals surface area contributed by atoms with Gasteiger partial charge in [0.05, 0.1) is 5.52 Å². The maximum Gasteiger partial charge on any atom is 0.0703 e. The molecule has 0 amide bonds. The molecular weight excluding hydrogens is 244 g/mol. The van der Waals surface area contributed by atoms with Gasteiger partial charge in [-0.1, -0.05) is 26.3 Å². The molecule has 1 aromatic heterocycles. The van der Waals surface area contributed by atoms with Gasteiger partial charge in [0.25, 0.3) is 0 Å². The summed E-state index contributed by atoms with van der Waals surface area (Å²) < 4.78 is 0. The van der Waals surface area contributed by atoms with Gasteiger partial charge in [0, 0.05) is 23.3 Å². The minimum Gasteiger partial charge on any atom is -0.382 e. The molecule has 1 N–H and O–H groups in total. The molecule has 3 rings (SSSR count). The standard InChI is InChI=1S/C18H24N2/c1-18(2)10-3-6-15(9-11-18)20-16-7-8-17-14(13-16)5-4-12-19-17/h4-5,7-8,12-13,15,20H,3,6,9-11H2,1-2H3. The lowest BCUT2D eigenvalue weighted by Gasteiger charge is -2.22. The Kier molecular flexibility index (Phi) is 3.64. The van der Waals surface area contributed by atoms with E-state index in [0.29, 0.717) is 11.5 Å². The summed E-state index contributed by atoms with van der Waals surface area (Å²) in [5, 5.41) is 4.94. The Labute approximate surface area is 121 Å². The van der Waals surface area contributed by atoms with Crippen LogP contribution in [0.5, 0.6) is 0 Å². The summed E-state index contributed by atoms with van der Waals surface area (Å²) in [6, 6.07) is 11.2. The minimum absolute atomic E-state index is 0.518. The van der Waals surface area contributed by atoms with E-state index in [0.717, 1.165) is 5.52 Å². The highest BCUT2D eigenvalue weighted by Crippen LogP contribution is 2.34. The smallest absolute Gasteiger partial charge is 0.0703 e. The lowest BCUT2D eigenvalue weighted by molar-refractivity contribution is 0.313. The number of hydrogen-bond acceptors (Lipinski definition) is 2. The van der Waals surface area contributed by atoms with Crippen molar-refractivity contribution in [2.45, 2.75) is 52.0 Å². The Balaban J connectivity index is 1.72. The van der Waals surface area contributed by atoms with Gasteiger partial charge in [-0.05, 0) is 55.4 Å². The fourth-order valence-electron chi connectivity index (χ4n) is 3.21. The summed E-state index contributed by atoms with van der Waals surface area (Å²) in [5.74, 6) is 0. The van der Waals surface area contributed by atoms with Crippen molar-refractivity contribution in [3.63, 3.8) is 0 Å². The Hall–Kier alpha value is -1.57. The third kappa shape index (κ3) is 3.12. The van der Waals surface area contributed by atoms with E-state index in [9.17, 15) is 0 Å². The second-order valence-corrected chi connectivity index (χ2v) is 6.85. The molecular formula is C18H24N2. The van der Waals surface area contributed by atoms with Crippen LogP contribution in [0.1, 0.15) is 46.0 Å². The van der Waals surface area contributed by atoms with Gasteiger partial charge < -0.3 is 5.32 Å². The van der Waals surface area contributed by atoms with Crippen molar-refractivity contribution in [1.29, 1.82) is 0 Å². The van der Waals surface area contributed by atoms with Crippen molar-refractivity contribution in [1.82, 2.24) is 4.98 Å².